The highest BCUT2D eigenvalue weighted by atomic mass is 32.1. The molecule has 1 N–H and O–H groups in total. The monoisotopic (exact) mass is 317 g/mol. The maximum atomic E-state index is 9.67. The standard InChI is InChI=1S/C17H23N3OS/c1-17(2,21)9-8-14-6-7-15(22-14)16-18-10-13-20(16)12-5-11-19(3)4/h6-7,10,13,21H,5,11-12H2,1-4H3. The van der Waals surface area contributed by atoms with Gasteiger partial charge in [0.15, 0.2) is 0 Å². The zero-order valence-electron chi connectivity index (χ0n) is 13.6. The van der Waals surface area contributed by atoms with Crippen molar-refractivity contribution < 1.29 is 5.11 Å². The van der Waals surface area contributed by atoms with Gasteiger partial charge in [0.1, 0.15) is 11.4 Å². The van der Waals surface area contributed by atoms with Crippen molar-refractivity contribution in [3.05, 3.63) is 29.4 Å². The molecule has 0 aliphatic rings. The number of aliphatic hydroxyl groups is 1. The van der Waals surface area contributed by atoms with Crippen LogP contribution in [0.4, 0.5) is 0 Å². The molecule has 0 amide bonds. The first-order chi connectivity index (χ1) is 10.3. The Morgan fingerprint density at radius 3 is 2.82 bits per heavy atom. The predicted octanol–water partition coefficient (Wildman–Crippen LogP) is 2.69. The fourth-order valence-electron chi connectivity index (χ4n) is 2.01. The van der Waals surface area contributed by atoms with Gasteiger partial charge in [-0.2, -0.15) is 0 Å². The average Bonchev–Trinajstić information content (AvgIpc) is 3.03. The molecule has 2 aromatic rings. The van der Waals surface area contributed by atoms with Gasteiger partial charge in [-0.05, 0) is 53.0 Å². The molecule has 0 aliphatic carbocycles. The summed E-state index contributed by atoms with van der Waals surface area (Å²) in [5.41, 5.74) is -0.963. The fraction of sp³-hybridized carbons (Fsp3) is 0.471. The second-order valence-electron chi connectivity index (χ2n) is 6.07. The maximum Gasteiger partial charge on any atom is 0.150 e. The molecule has 4 nitrogen and oxygen atoms in total. The van der Waals surface area contributed by atoms with Crippen LogP contribution in [0.1, 0.15) is 25.1 Å². The Labute approximate surface area is 136 Å². The third kappa shape index (κ3) is 4.99. The Balaban J connectivity index is 2.11. The lowest BCUT2D eigenvalue weighted by atomic mass is 10.1. The molecule has 118 valence electrons. The largest absolute Gasteiger partial charge is 0.378 e. The average molecular weight is 317 g/mol. The minimum atomic E-state index is -0.963. The van der Waals surface area contributed by atoms with E-state index >= 15 is 0 Å². The molecule has 0 saturated carbocycles. The molecular weight excluding hydrogens is 294 g/mol. The van der Waals surface area contributed by atoms with Crippen molar-refractivity contribution in [2.24, 2.45) is 0 Å². The summed E-state index contributed by atoms with van der Waals surface area (Å²) in [7, 11) is 4.17. The summed E-state index contributed by atoms with van der Waals surface area (Å²) in [6, 6.07) is 4.03. The van der Waals surface area contributed by atoms with Crippen LogP contribution in [0.3, 0.4) is 0 Å². The van der Waals surface area contributed by atoms with Gasteiger partial charge in [0.25, 0.3) is 0 Å². The summed E-state index contributed by atoms with van der Waals surface area (Å²) in [5, 5.41) is 9.67. The number of hydrogen-bond donors (Lipinski definition) is 1. The zero-order valence-corrected chi connectivity index (χ0v) is 14.4. The molecule has 0 radical (unpaired) electrons. The van der Waals surface area contributed by atoms with E-state index in [1.54, 1.807) is 25.2 Å². The highest BCUT2D eigenvalue weighted by molar-refractivity contribution is 7.15. The molecular formula is C17H23N3OS. The molecule has 2 heterocycles. The van der Waals surface area contributed by atoms with Crippen LogP contribution in [0.25, 0.3) is 10.7 Å². The van der Waals surface area contributed by atoms with Gasteiger partial charge in [-0.15, -0.1) is 11.3 Å². The first kappa shape index (κ1) is 16.8. The first-order valence-electron chi connectivity index (χ1n) is 7.37. The van der Waals surface area contributed by atoms with Crippen LogP contribution in [0.5, 0.6) is 0 Å². The number of aromatic nitrogens is 2. The Kier molecular flexibility index (Phi) is 5.41. The lowest BCUT2D eigenvalue weighted by molar-refractivity contribution is 0.143. The van der Waals surface area contributed by atoms with Crippen LogP contribution >= 0.6 is 11.3 Å². The number of aryl methyl sites for hydroxylation is 1. The highest BCUT2D eigenvalue weighted by Crippen LogP contribution is 2.26. The van der Waals surface area contributed by atoms with E-state index in [9.17, 15) is 5.11 Å². The van der Waals surface area contributed by atoms with Crippen molar-refractivity contribution in [3.63, 3.8) is 0 Å². The van der Waals surface area contributed by atoms with Gasteiger partial charge in [-0.1, -0.05) is 11.8 Å². The molecule has 0 spiro atoms. The van der Waals surface area contributed by atoms with Gasteiger partial charge in [-0.25, -0.2) is 4.98 Å². The van der Waals surface area contributed by atoms with E-state index in [0.717, 1.165) is 35.1 Å². The Morgan fingerprint density at radius 2 is 2.14 bits per heavy atom. The van der Waals surface area contributed by atoms with Gasteiger partial charge in [-0.3, -0.25) is 0 Å². The zero-order chi connectivity index (χ0) is 16.2. The van der Waals surface area contributed by atoms with Crippen LogP contribution in [-0.2, 0) is 6.54 Å². The summed E-state index contributed by atoms with van der Waals surface area (Å²) in [4.78, 5) is 8.71. The van der Waals surface area contributed by atoms with Crippen LogP contribution in [0, 0.1) is 11.8 Å². The van der Waals surface area contributed by atoms with E-state index in [1.165, 1.54) is 0 Å². The van der Waals surface area contributed by atoms with Gasteiger partial charge < -0.3 is 14.6 Å². The number of thiophene rings is 1. The SMILES string of the molecule is CN(C)CCCn1ccnc1-c1ccc(C#CC(C)(C)O)s1. The maximum absolute atomic E-state index is 9.67. The van der Waals surface area contributed by atoms with E-state index in [1.807, 2.05) is 24.5 Å². The van der Waals surface area contributed by atoms with Gasteiger partial charge in [0, 0.05) is 18.9 Å². The van der Waals surface area contributed by atoms with E-state index in [2.05, 4.69) is 40.4 Å². The first-order valence-corrected chi connectivity index (χ1v) is 8.18. The number of imidazole rings is 1. The molecule has 22 heavy (non-hydrogen) atoms. The van der Waals surface area contributed by atoms with Crippen molar-refractivity contribution in [1.82, 2.24) is 14.5 Å². The summed E-state index contributed by atoms with van der Waals surface area (Å²) in [6.45, 7) is 5.39. The second kappa shape index (κ2) is 7.10. The van der Waals surface area contributed by atoms with E-state index in [4.69, 9.17) is 0 Å². The summed E-state index contributed by atoms with van der Waals surface area (Å²) in [5.74, 6) is 6.85. The molecule has 0 fully saturated rings. The molecule has 2 rings (SSSR count). The summed E-state index contributed by atoms with van der Waals surface area (Å²) >= 11 is 1.61. The van der Waals surface area contributed by atoms with Crippen molar-refractivity contribution >= 4 is 11.3 Å². The van der Waals surface area contributed by atoms with Crippen LogP contribution < -0.4 is 0 Å². The molecule has 0 unspecified atom stereocenters. The van der Waals surface area contributed by atoms with Crippen molar-refractivity contribution in [2.75, 3.05) is 20.6 Å². The quantitative estimate of drug-likeness (QED) is 0.862. The van der Waals surface area contributed by atoms with E-state index in [0.29, 0.717) is 0 Å². The predicted molar refractivity (Wildman–Crippen MR) is 91.9 cm³/mol. The minimum Gasteiger partial charge on any atom is -0.378 e. The topological polar surface area (TPSA) is 41.3 Å². The Hall–Kier alpha value is -1.61. The molecule has 0 aromatic carbocycles. The summed E-state index contributed by atoms with van der Waals surface area (Å²) < 4.78 is 2.18. The second-order valence-corrected chi connectivity index (χ2v) is 7.16. The van der Waals surface area contributed by atoms with Crippen molar-refractivity contribution in [2.45, 2.75) is 32.4 Å². The van der Waals surface area contributed by atoms with Crippen LogP contribution in [-0.4, -0.2) is 45.8 Å². The Bertz CT molecular complexity index is 668. The number of nitrogens with zero attached hydrogens (tertiary/aromatic N) is 3. The molecule has 2 aromatic heterocycles. The van der Waals surface area contributed by atoms with Crippen molar-refractivity contribution in [3.8, 4) is 22.5 Å². The van der Waals surface area contributed by atoms with Crippen LogP contribution in [0.15, 0.2) is 24.5 Å². The fourth-order valence-corrected chi connectivity index (χ4v) is 2.88. The molecule has 0 atom stereocenters. The molecule has 0 bridgehead atoms. The van der Waals surface area contributed by atoms with E-state index < -0.39 is 5.60 Å². The minimum absolute atomic E-state index is 0.944. The number of hydrogen-bond acceptors (Lipinski definition) is 4. The molecule has 5 heteroatoms. The van der Waals surface area contributed by atoms with Crippen molar-refractivity contribution in [1.29, 1.82) is 0 Å². The van der Waals surface area contributed by atoms with Gasteiger partial charge in [0.05, 0.1) is 9.75 Å². The normalized spacial score (nSPS) is 11.5. The molecule has 0 aliphatic heterocycles. The highest BCUT2D eigenvalue weighted by Gasteiger charge is 2.10. The van der Waals surface area contributed by atoms with E-state index in [-0.39, 0.29) is 0 Å². The summed E-state index contributed by atoms with van der Waals surface area (Å²) in [6.07, 6.45) is 4.95. The van der Waals surface area contributed by atoms with Crippen LogP contribution in [0.2, 0.25) is 0 Å². The number of rotatable bonds is 5. The van der Waals surface area contributed by atoms with Gasteiger partial charge >= 0.3 is 0 Å². The third-order valence-corrected chi connectivity index (χ3v) is 4.03. The molecule has 0 saturated heterocycles. The smallest absolute Gasteiger partial charge is 0.150 e. The lowest BCUT2D eigenvalue weighted by Crippen LogP contribution is -2.15. The lowest BCUT2D eigenvalue weighted by Gasteiger charge is -2.10. The van der Waals surface area contributed by atoms with Gasteiger partial charge in [0.2, 0.25) is 0 Å². The third-order valence-electron chi connectivity index (χ3n) is 3.04. The Morgan fingerprint density at radius 1 is 1.36 bits per heavy atom.